The van der Waals surface area contributed by atoms with Crippen molar-refractivity contribution < 1.29 is 14.3 Å². The van der Waals surface area contributed by atoms with E-state index in [1.54, 1.807) is 47.5 Å². The van der Waals surface area contributed by atoms with E-state index < -0.39 is 6.04 Å². The SMILES string of the molecule is O=C(Nc1cccc(Oc2cnccn2)c1)C1CCCN1C(=O)c1ccc(Br)cc1. The Hall–Kier alpha value is -3.26. The van der Waals surface area contributed by atoms with E-state index in [1.165, 1.54) is 12.4 Å². The molecule has 1 unspecified atom stereocenters. The predicted octanol–water partition coefficient (Wildman–Crippen LogP) is 4.27. The summed E-state index contributed by atoms with van der Waals surface area (Å²) in [6.45, 7) is 0.558. The van der Waals surface area contributed by atoms with Crippen molar-refractivity contribution >= 4 is 33.4 Å². The van der Waals surface area contributed by atoms with E-state index in [1.807, 2.05) is 12.1 Å². The van der Waals surface area contributed by atoms with Crippen molar-refractivity contribution in [3.05, 3.63) is 77.2 Å². The smallest absolute Gasteiger partial charge is 0.254 e. The second kappa shape index (κ2) is 9.04. The Bertz CT molecular complexity index is 1040. The lowest BCUT2D eigenvalue weighted by atomic mass is 10.1. The van der Waals surface area contributed by atoms with Gasteiger partial charge in [-0.2, -0.15) is 0 Å². The number of aromatic nitrogens is 2. The Kier molecular flexibility index (Phi) is 6.04. The Balaban J connectivity index is 1.44. The van der Waals surface area contributed by atoms with Gasteiger partial charge < -0.3 is 15.0 Å². The minimum absolute atomic E-state index is 0.139. The maximum atomic E-state index is 12.9. The van der Waals surface area contributed by atoms with Crippen molar-refractivity contribution in [3.8, 4) is 11.6 Å². The number of halogens is 1. The van der Waals surface area contributed by atoms with E-state index in [9.17, 15) is 9.59 Å². The van der Waals surface area contributed by atoms with E-state index in [4.69, 9.17) is 4.74 Å². The number of amides is 2. The largest absolute Gasteiger partial charge is 0.437 e. The highest BCUT2D eigenvalue weighted by Crippen LogP contribution is 2.25. The molecule has 152 valence electrons. The Morgan fingerprint density at radius 3 is 2.73 bits per heavy atom. The van der Waals surface area contributed by atoms with Gasteiger partial charge in [-0.15, -0.1) is 0 Å². The first-order valence-electron chi connectivity index (χ1n) is 9.51. The number of likely N-dealkylation sites (tertiary alicyclic amines) is 1. The van der Waals surface area contributed by atoms with Crippen LogP contribution in [0.15, 0.2) is 71.6 Å². The zero-order valence-corrected chi connectivity index (χ0v) is 17.6. The molecule has 2 amide bonds. The van der Waals surface area contributed by atoms with Crippen LogP contribution < -0.4 is 10.1 Å². The molecule has 0 bridgehead atoms. The summed E-state index contributed by atoms with van der Waals surface area (Å²) in [5.74, 6) is 0.542. The highest BCUT2D eigenvalue weighted by atomic mass is 79.9. The summed E-state index contributed by atoms with van der Waals surface area (Å²) in [6.07, 6.45) is 6.03. The minimum atomic E-state index is -0.509. The molecule has 1 aromatic heterocycles. The standard InChI is InChI=1S/C22H19BrN4O3/c23-16-8-6-15(7-9-16)22(29)27-12-2-5-19(27)21(28)26-17-3-1-4-18(13-17)30-20-14-24-10-11-25-20/h1,3-4,6-11,13-14,19H,2,5,12H2,(H,26,28). The molecule has 0 saturated carbocycles. The Morgan fingerprint density at radius 2 is 1.97 bits per heavy atom. The maximum absolute atomic E-state index is 12.9. The van der Waals surface area contributed by atoms with Crippen molar-refractivity contribution in [2.45, 2.75) is 18.9 Å². The molecule has 1 aliphatic heterocycles. The van der Waals surface area contributed by atoms with Crippen LogP contribution >= 0.6 is 15.9 Å². The lowest BCUT2D eigenvalue weighted by Crippen LogP contribution is -2.43. The molecule has 30 heavy (non-hydrogen) atoms. The molecule has 3 aromatic rings. The molecule has 4 rings (SSSR count). The second-order valence-electron chi connectivity index (χ2n) is 6.83. The molecule has 8 heteroatoms. The normalized spacial score (nSPS) is 15.6. The van der Waals surface area contributed by atoms with E-state index in [-0.39, 0.29) is 11.8 Å². The van der Waals surface area contributed by atoms with Gasteiger partial charge in [0.2, 0.25) is 11.8 Å². The summed E-state index contributed by atoms with van der Waals surface area (Å²) in [7, 11) is 0. The van der Waals surface area contributed by atoms with Gasteiger partial charge in [-0.3, -0.25) is 14.6 Å². The van der Waals surface area contributed by atoms with Gasteiger partial charge in [-0.25, -0.2) is 4.98 Å². The van der Waals surface area contributed by atoms with Crippen molar-refractivity contribution in [2.24, 2.45) is 0 Å². The number of carbonyl (C=O) groups excluding carboxylic acids is 2. The number of benzene rings is 2. The average molecular weight is 467 g/mol. The fourth-order valence-electron chi connectivity index (χ4n) is 3.36. The first-order valence-corrected chi connectivity index (χ1v) is 10.3. The zero-order valence-electron chi connectivity index (χ0n) is 16.0. The van der Waals surface area contributed by atoms with Crippen LogP contribution in [-0.4, -0.2) is 39.3 Å². The molecule has 1 fully saturated rings. The highest BCUT2D eigenvalue weighted by Gasteiger charge is 2.34. The van der Waals surface area contributed by atoms with Crippen LogP contribution in [0.1, 0.15) is 23.2 Å². The van der Waals surface area contributed by atoms with Gasteiger partial charge in [0.25, 0.3) is 5.91 Å². The van der Waals surface area contributed by atoms with Crippen LogP contribution in [0.25, 0.3) is 0 Å². The van der Waals surface area contributed by atoms with Crippen LogP contribution in [0.4, 0.5) is 5.69 Å². The molecular formula is C22H19BrN4O3. The van der Waals surface area contributed by atoms with Crippen LogP contribution in [0.2, 0.25) is 0 Å². The summed E-state index contributed by atoms with van der Waals surface area (Å²) in [6, 6.07) is 13.7. The van der Waals surface area contributed by atoms with Gasteiger partial charge in [0, 0.05) is 40.7 Å². The summed E-state index contributed by atoms with van der Waals surface area (Å²) in [5, 5.41) is 2.90. The Labute approximate surface area is 182 Å². The fourth-order valence-corrected chi connectivity index (χ4v) is 3.63. The van der Waals surface area contributed by atoms with E-state index in [0.717, 1.165) is 10.9 Å². The first-order chi connectivity index (χ1) is 14.6. The van der Waals surface area contributed by atoms with Crippen molar-refractivity contribution in [3.63, 3.8) is 0 Å². The molecule has 2 aromatic carbocycles. The van der Waals surface area contributed by atoms with Gasteiger partial charge in [0.1, 0.15) is 11.8 Å². The van der Waals surface area contributed by atoms with E-state index >= 15 is 0 Å². The van der Waals surface area contributed by atoms with E-state index in [2.05, 4.69) is 31.2 Å². The summed E-state index contributed by atoms with van der Waals surface area (Å²) < 4.78 is 6.56. The molecule has 2 heterocycles. The van der Waals surface area contributed by atoms with Gasteiger partial charge in [-0.05, 0) is 49.2 Å². The number of nitrogens with zero attached hydrogens (tertiary/aromatic N) is 3. The minimum Gasteiger partial charge on any atom is -0.437 e. The van der Waals surface area contributed by atoms with Crippen molar-refractivity contribution in [1.82, 2.24) is 14.9 Å². The molecule has 7 nitrogen and oxygen atoms in total. The van der Waals surface area contributed by atoms with Crippen LogP contribution in [0.5, 0.6) is 11.6 Å². The maximum Gasteiger partial charge on any atom is 0.254 e. The zero-order chi connectivity index (χ0) is 20.9. The molecule has 0 radical (unpaired) electrons. The topological polar surface area (TPSA) is 84.4 Å². The monoisotopic (exact) mass is 466 g/mol. The first kappa shape index (κ1) is 20.0. The number of hydrogen-bond acceptors (Lipinski definition) is 5. The third-order valence-corrected chi connectivity index (χ3v) is 5.30. The highest BCUT2D eigenvalue weighted by molar-refractivity contribution is 9.10. The van der Waals surface area contributed by atoms with Crippen molar-refractivity contribution in [1.29, 1.82) is 0 Å². The lowest BCUT2D eigenvalue weighted by Gasteiger charge is -2.24. The fraction of sp³-hybridized carbons (Fsp3) is 0.182. The summed E-state index contributed by atoms with van der Waals surface area (Å²) >= 11 is 3.37. The third kappa shape index (κ3) is 4.65. The Morgan fingerprint density at radius 1 is 1.13 bits per heavy atom. The number of carbonyl (C=O) groups is 2. The van der Waals surface area contributed by atoms with Crippen LogP contribution in [0.3, 0.4) is 0 Å². The molecular weight excluding hydrogens is 448 g/mol. The number of rotatable bonds is 5. The van der Waals surface area contributed by atoms with Crippen LogP contribution in [-0.2, 0) is 4.79 Å². The average Bonchev–Trinajstić information content (AvgIpc) is 3.25. The van der Waals surface area contributed by atoms with Gasteiger partial charge in [-0.1, -0.05) is 22.0 Å². The summed E-state index contributed by atoms with van der Waals surface area (Å²) in [4.78, 5) is 35.5. The van der Waals surface area contributed by atoms with Crippen LogP contribution in [0, 0.1) is 0 Å². The quantitative estimate of drug-likeness (QED) is 0.606. The van der Waals surface area contributed by atoms with Crippen molar-refractivity contribution in [2.75, 3.05) is 11.9 Å². The molecule has 1 saturated heterocycles. The molecule has 0 aliphatic carbocycles. The number of anilines is 1. The predicted molar refractivity (Wildman–Crippen MR) is 115 cm³/mol. The van der Waals surface area contributed by atoms with Gasteiger partial charge in [0.15, 0.2) is 0 Å². The third-order valence-electron chi connectivity index (χ3n) is 4.77. The molecule has 1 N–H and O–H groups in total. The van der Waals surface area contributed by atoms with Gasteiger partial charge in [0.05, 0.1) is 6.20 Å². The molecule has 0 spiro atoms. The number of nitrogens with one attached hydrogen (secondary N) is 1. The van der Waals surface area contributed by atoms with E-state index in [0.29, 0.717) is 35.8 Å². The summed E-state index contributed by atoms with van der Waals surface area (Å²) in [5.41, 5.74) is 1.15. The van der Waals surface area contributed by atoms with Gasteiger partial charge >= 0.3 is 0 Å². The lowest BCUT2D eigenvalue weighted by molar-refractivity contribution is -0.119. The second-order valence-corrected chi connectivity index (χ2v) is 7.74. The molecule has 1 aliphatic rings. The number of ether oxygens (including phenoxy) is 1. The molecule has 1 atom stereocenters. The number of hydrogen-bond donors (Lipinski definition) is 1.